The number of nitrogens with zero attached hydrogens (tertiary/aromatic N) is 1. The molecule has 0 aliphatic carbocycles. The standard InChI is InChI=1S/C15H24N2O/c1-10(2)9-17(11(3)4)15(18)13-7-6-12(5)14(16)8-13/h6-8,10-11H,9,16H2,1-5H3. The number of nitrogens with two attached hydrogens (primary N) is 1. The van der Waals surface area contributed by atoms with Gasteiger partial charge in [0.1, 0.15) is 0 Å². The maximum Gasteiger partial charge on any atom is 0.254 e. The lowest BCUT2D eigenvalue weighted by atomic mass is 10.1. The third-order valence-electron chi connectivity index (χ3n) is 2.97. The Hall–Kier alpha value is -1.51. The molecule has 1 amide bonds. The molecule has 0 saturated carbocycles. The second-order valence-electron chi connectivity index (χ2n) is 5.52. The zero-order valence-electron chi connectivity index (χ0n) is 12.0. The minimum Gasteiger partial charge on any atom is -0.398 e. The van der Waals surface area contributed by atoms with E-state index < -0.39 is 0 Å². The molecule has 0 bridgehead atoms. The van der Waals surface area contributed by atoms with Crippen LogP contribution in [0.15, 0.2) is 18.2 Å². The van der Waals surface area contributed by atoms with Crippen LogP contribution in [0.3, 0.4) is 0 Å². The van der Waals surface area contributed by atoms with Gasteiger partial charge in [-0.15, -0.1) is 0 Å². The highest BCUT2D eigenvalue weighted by Gasteiger charge is 2.19. The van der Waals surface area contributed by atoms with Gasteiger partial charge >= 0.3 is 0 Å². The largest absolute Gasteiger partial charge is 0.398 e. The van der Waals surface area contributed by atoms with Gasteiger partial charge < -0.3 is 10.6 Å². The van der Waals surface area contributed by atoms with Crippen molar-refractivity contribution in [1.29, 1.82) is 0 Å². The lowest BCUT2D eigenvalue weighted by Crippen LogP contribution is -2.39. The fourth-order valence-electron chi connectivity index (χ4n) is 1.86. The van der Waals surface area contributed by atoms with Crippen molar-refractivity contribution in [2.24, 2.45) is 5.92 Å². The van der Waals surface area contributed by atoms with E-state index in [1.54, 1.807) is 6.07 Å². The van der Waals surface area contributed by atoms with E-state index in [1.807, 2.05) is 37.8 Å². The summed E-state index contributed by atoms with van der Waals surface area (Å²) in [5, 5.41) is 0. The van der Waals surface area contributed by atoms with Crippen molar-refractivity contribution in [2.75, 3.05) is 12.3 Å². The second-order valence-corrected chi connectivity index (χ2v) is 5.52. The highest BCUT2D eigenvalue weighted by atomic mass is 16.2. The van der Waals surface area contributed by atoms with Crippen LogP contribution in [0.4, 0.5) is 5.69 Å². The number of hydrogen-bond donors (Lipinski definition) is 1. The van der Waals surface area contributed by atoms with Crippen LogP contribution in [0, 0.1) is 12.8 Å². The fraction of sp³-hybridized carbons (Fsp3) is 0.533. The summed E-state index contributed by atoms with van der Waals surface area (Å²) >= 11 is 0. The zero-order chi connectivity index (χ0) is 13.9. The van der Waals surface area contributed by atoms with Crippen molar-refractivity contribution in [2.45, 2.75) is 40.7 Å². The van der Waals surface area contributed by atoms with E-state index in [1.165, 1.54) is 0 Å². The van der Waals surface area contributed by atoms with Gasteiger partial charge in [-0.05, 0) is 44.4 Å². The first kappa shape index (κ1) is 14.6. The van der Waals surface area contributed by atoms with Gasteiger partial charge in [0.25, 0.3) is 5.91 Å². The first-order valence-corrected chi connectivity index (χ1v) is 6.50. The van der Waals surface area contributed by atoms with E-state index in [2.05, 4.69) is 13.8 Å². The Bertz CT molecular complexity index is 425. The molecule has 0 aliphatic heterocycles. The molecule has 0 unspecified atom stereocenters. The van der Waals surface area contributed by atoms with Gasteiger partial charge in [-0.1, -0.05) is 19.9 Å². The molecule has 3 heteroatoms. The molecule has 1 rings (SSSR count). The van der Waals surface area contributed by atoms with Crippen LogP contribution < -0.4 is 5.73 Å². The Labute approximate surface area is 110 Å². The van der Waals surface area contributed by atoms with Crippen molar-refractivity contribution in [1.82, 2.24) is 4.90 Å². The molecule has 1 aromatic carbocycles. The second kappa shape index (κ2) is 5.89. The molecule has 3 nitrogen and oxygen atoms in total. The summed E-state index contributed by atoms with van der Waals surface area (Å²) in [5.74, 6) is 0.518. The number of carbonyl (C=O) groups excluding carboxylic acids is 1. The van der Waals surface area contributed by atoms with E-state index >= 15 is 0 Å². The van der Waals surface area contributed by atoms with E-state index in [0.717, 1.165) is 12.1 Å². The average Bonchev–Trinajstić information content (AvgIpc) is 2.28. The summed E-state index contributed by atoms with van der Waals surface area (Å²) in [5.41, 5.74) is 8.22. The van der Waals surface area contributed by atoms with Gasteiger partial charge in [0.15, 0.2) is 0 Å². The van der Waals surface area contributed by atoms with Crippen LogP contribution in [0.2, 0.25) is 0 Å². The molecule has 2 N–H and O–H groups in total. The molecule has 1 aromatic rings. The Morgan fingerprint density at radius 2 is 1.89 bits per heavy atom. The van der Waals surface area contributed by atoms with Crippen LogP contribution in [0.25, 0.3) is 0 Å². The molecule has 0 radical (unpaired) electrons. The molecular weight excluding hydrogens is 224 g/mol. The average molecular weight is 248 g/mol. The maximum absolute atomic E-state index is 12.5. The number of anilines is 1. The number of hydrogen-bond acceptors (Lipinski definition) is 2. The Balaban J connectivity index is 2.98. The summed E-state index contributed by atoms with van der Waals surface area (Å²) in [7, 11) is 0. The van der Waals surface area contributed by atoms with Gasteiger partial charge in [-0.2, -0.15) is 0 Å². The van der Waals surface area contributed by atoms with E-state index in [4.69, 9.17) is 5.73 Å². The topological polar surface area (TPSA) is 46.3 Å². The van der Waals surface area contributed by atoms with Crippen LogP contribution in [-0.4, -0.2) is 23.4 Å². The molecule has 0 atom stereocenters. The third kappa shape index (κ3) is 3.49. The van der Waals surface area contributed by atoms with Crippen molar-refractivity contribution in [3.05, 3.63) is 29.3 Å². The summed E-state index contributed by atoms with van der Waals surface area (Å²) < 4.78 is 0. The monoisotopic (exact) mass is 248 g/mol. The number of carbonyl (C=O) groups is 1. The lowest BCUT2D eigenvalue weighted by molar-refractivity contribution is 0.0682. The van der Waals surface area contributed by atoms with Crippen LogP contribution in [-0.2, 0) is 0 Å². The predicted octanol–water partition coefficient (Wildman–Crippen LogP) is 3.08. The molecular formula is C15H24N2O. The van der Waals surface area contributed by atoms with Crippen LogP contribution >= 0.6 is 0 Å². The number of benzene rings is 1. The molecule has 0 fully saturated rings. The molecule has 0 heterocycles. The van der Waals surface area contributed by atoms with Crippen molar-refractivity contribution in [3.63, 3.8) is 0 Å². The van der Waals surface area contributed by atoms with Crippen molar-refractivity contribution in [3.8, 4) is 0 Å². The minimum absolute atomic E-state index is 0.0606. The van der Waals surface area contributed by atoms with Gasteiger partial charge in [0, 0.05) is 23.8 Å². The highest BCUT2D eigenvalue weighted by Crippen LogP contribution is 2.16. The molecule has 0 saturated heterocycles. The number of nitrogen functional groups attached to an aromatic ring is 1. The summed E-state index contributed by atoms with van der Waals surface area (Å²) in [6.45, 7) is 11.0. The smallest absolute Gasteiger partial charge is 0.254 e. The molecule has 18 heavy (non-hydrogen) atoms. The van der Waals surface area contributed by atoms with Crippen molar-refractivity contribution < 1.29 is 4.79 Å². The van der Waals surface area contributed by atoms with Gasteiger partial charge in [-0.3, -0.25) is 4.79 Å². The first-order valence-electron chi connectivity index (χ1n) is 6.50. The molecule has 0 aliphatic rings. The normalized spacial score (nSPS) is 11.1. The minimum atomic E-state index is 0.0606. The quantitative estimate of drug-likeness (QED) is 0.832. The summed E-state index contributed by atoms with van der Waals surface area (Å²) in [4.78, 5) is 14.4. The van der Waals surface area contributed by atoms with Crippen LogP contribution in [0.5, 0.6) is 0 Å². The van der Waals surface area contributed by atoms with E-state index in [9.17, 15) is 4.79 Å². The van der Waals surface area contributed by atoms with E-state index in [-0.39, 0.29) is 11.9 Å². The molecule has 0 aromatic heterocycles. The highest BCUT2D eigenvalue weighted by molar-refractivity contribution is 5.95. The summed E-state index contributed by atoms with van der Waals surface area (Å²) in [6.07, 6.45) is 0. The zero-order valence-corrected chi connectivity index (χ0v) is 12.0. The summed E-state index contributed by atoms with van der Waals surface area (Å²) in [6, 6.07) is 5.72. The predicted molar refractivity (Wildman–Crippen MR) is 76.6 cm³/mol. The van der Waals surface area contributed by atoms with Crippen molar-refractivity contribution >= 4 is 11.6 Å². The maximum atomic E-state index is 12.5. The lowest BCUT2D eigenvalue weighted by Gasteiger charge is -2.28. The Kier molecular flexibility index (Phi) is 4.76. The van der Waals surface area contributed by atoms with Gasteiger partial charge in [0.05, 0.1) is 0 Å². The van der Waals surface area contributed by atoms with Gasteiger partial charge in [-0.25, -0.2) is 0 Å². The SMILES string of the molecule is Cc1ccc(C(=O)N(CC(C)C)C(C)C)cc1N. The number of rotatable bonds is 4. The number of aryl methyl sites for hydroxylation is 1. The van der Waals surface area contributed by atoms with E-state index in [0.29, 0.717) is 17.2 Å². The molecule has 100 valence electrons. The van der Waals surface area contributed by atoms with Crippen LogP contribution in [0.1, 0.15) is 43.6 Å². The van der Waals surface area contributed by atoms with Gasteiger partial charge in [0.2, 0.25) is 0 Å². The molecule has 0 spiro atoms. The Morgan fingerprint density at radius 3 is 2.33 bits per heavy atom. The first-order chi connectivity index (χ1) is 8.32. The number of amides is 1. The Morgan fingerprint density at radius 1 is 1.28 bits per heavy atom. The third-order valence-corrected chi connectivity index (χ3v) is 2.97. The fourth-order valence-corrected chi connectivity index (χ4v) is 1.86.